The Morgan fingerprint density at radius 2 is 1.61 bits per heavy atom. The fourth-order valence-corrected chi connectivity index (χ4v) is 4.47. The highest BCUT2D eigenvalue weighted by Gasteiger charge is 2.32. The normalized spacial score (nSPS) is 14.9. The highest BCUT2D eigenvalue weighted by molar-refractivity contribution is 8.26. The predicted octanol–water partition coefficient (Wildman–Crippen LogP) is 6.31. The Bertz CT molecular complexity index is 1200. The molecule has 0 bridgehead atoms. The molecule has 1 N–H and O–H groups in total. The molecule has 1 amide bonds. The molecule has 1 unspecified atom stereocenters. The minimum absolute atomic E-state index is 0.200. The lowest BCUT2D eigenvalue weighted by Gasteiger charge is -2.14. The maximum Gasteiger partial charge on any atom is 0.287 e. The molecule has 1 atom stereocenters. The summed E-state index contributed by atoms with van der Waals surface area (Å²) in [6.45, 7) is 3.10. The fourth-order valence-electron chi connectivity index (χ4n) is 3.80. The van der Waals surface area contributed by atoms with Crippen LogP contribution in [0.5, 0.6) is 28.7 Å². The molecule has 1 heterocycles. The zero-order valence-corrected chi connectivity index (χ0v) is 21.1. The van der Waals surface area contributed by atoms with E-state index < -0.39 is 6.04 Å². The molecule has 3 aromatic carbocycles. The summed E-state index contributed by atoms with van der Waals surface area (Å²) in [4.78, 5) is 23.4. The summed E-state index contributed by atoms with van der Waals surface area (Å²) in [5.74, 6) is 3.78. The summed E-state index contributed by atoms with van der Waals surface area (Å²) in [6.07, 6.45) is 2.56. The van der Waals surface area contributed by atoms with Crippen LogP contribution in [-0.2, 0) is 11.2 Å². The van der Waals surface area contributed by atoms with Gasteiger partial charge < -0.3 is 24.3 Å². The van der Waals surface area contributed by atoms with E-state index in [0.29, 0.717) is 42.7 Å². The van der Waals surface area contributed by atoms with Crippen molar-refractivity contribution >= 4 is 22.1 Å². The first-order valence-corrected chi connectivity index (χ1v) is 12.7. The van der Waals surface area contributed by atoms with Gasteiger partial charge in [-0.1, -0.05) is 25.5 Å². The van der Waals surface area contributed by atoms with Crippen LogP contribution in [0, 0.1) is 0 Å². The van der Waals surface area contributed by atoms with E-state index in [4.69, 9.17) is 18.9 Å². The number of carbonyl (C=O) groups excluding carboxylic acids is 2. The van der Waals surface area contributed by atoms with Gasteiger partial charge in [0, 0.05) is 18.2 Å². The second-order valence-electron chi connectivity index (χ2n) is 8.21. The number of amides is 1. The van der Waals surface area contributed by atoms with Crippen molar-refractivity contribution in [3.63, 3.8) is 0 Å². The number of hydrogen-bond acceptors (Lipinski definition) is 7. The summed E-state index contributed by atoms with van der Waals surface area (Å²) in [7, 11) is 1.64. The molecule has 1 saturated heterocycles. The van der Waals surface area contributed by atoms with Gasteiger partial charge in [0.15, 0.2) is 0 Å². The molecule has 0 saturated carbocycles. The molecule has 3 aromatic rings. The summed E-state index contributed by atoms with van der Waals surface area (Å²) in [5.41, 5.74) is 1.81. The second-order valence-corrected chi connectivity index (χ2v) is 9.18. The summed E-state index contributed by atoms with van der Waals surface area (Å²) < 4.78 is 23.1. The van der Waals surface area contributed by atoms with Crippen molar-refractivity contribution in [2.24, 2.45) is 0 Å². The molecule has 0 radical (unpaired) electrons. The number of ether oxygens (including phenoxy) is 4. The Balaban J connectivity index is 1.28. The van der Waals surface area contributed by atoms with Crippen LogP contribution in [0.15, 0.2) is 66.7 Å². The third-order valence-electron chi connectivity index (χ3n) is 5.54. The maximum absolute atomic E-state index is 12.0. The molecule has 1 fully saturated rings. The number of nitrogens with one attached hydrogen (secondary N) is 1. The third-order valence-corrected chi connectivity index (χ3v) is 6.28. The van der Waals surface area contributed by atoms with Gasteiger partial charge >= 0.3 is 0 Å². The lowest BCUT2D eigenvalue weighted by molar-refractivity contribution is -0.112. The highest BCUT2D eigenvalue weighted by atomic mass is 32.2. The van der Waals surface area contributed by atoms with Crippen LogP contribution in [-0.4, -0.2) is 30.7 Å². The minimum Gasteiger partial charge on any atom is -0.497 e. The average Bonchev–Trinajstić information content (AvgIpc) is 3.23. The van der Waals surface area contributed by atoms with Crippen molar-refractivity contribution < 1.29 is 28.5 Å². The standard InChI is InChI=1S/C28H29NO6S/c1-3-6-19-17-24(35-22-11-9-21(32-2)10-12-22)13-14-25(19)34-16-5-15-33-23-8-4-7-20(18-23)26-27(30)36-28(31)29-26/h4,7-14,17-18,26H,3,5-6,15-16H2,1-2H3,(H,29,31). The first kappa shape index (κ1) is 25.4. The first-order valence-electron chi connectivity index (χ1n) is 11.9. The lowest BCUT2D eigenvalue weighted by atomic mass is 10.1. The predicted molar refractivity (Wildman–Crippen MR) is 139 cm³/mol. The van der Waals surface area contributed by atoms with E-state index in [1.165, 1.54) is 0 Å². The molecule has 8 heteroatoms. The van der Waals surface area contributed by atoms with Crippen LogP contribution in [0.1, 0.15) is 36.9 Å². The van der Waals surface area contributed by atoms with Crippen LogP contribution < -0.4 is 24.3 Å². The first-order chi connectivity index (χ1) is 17.6. The van der Waals surface area contributed by atoms with Crippen molar-refractivity contribution in [3.8, 4) is 28.7 Å². The summed E-state index contributed by atoms with van der Waals surface area (Å²) in [5, 5.41) is 2.14. The van der Waals surface area contributed by atoms with Gasteiger partial charge in [0.2, 0.25) is 5.12 Å². The highest BCUT2D eigenvalue weighted by Crippen LogP contribution is 2.31. The SMILES string of the molecule is CCCc1cc(Oc2ccc(OC)cc2)ccc1OCCCOc1cccc(C2NC(=O)SC2=O)c1. The van der Waals surface area contributed by atoms with Gasteiger partial charge in [-0.2, -0.15) is 0 Å². The van der Waals surface area contributed by atoms with Crippen LogP contribution in [0.2, 0.25) is 0 Å². The van der Waals surface area contributed by atoms with E-state index in [-0.39, 0.29) is 10.4 Å². The molecule has 188 valence electrons. The zero-order chi connectivity index (χ0) is 25.3. The number of benzene rings is 3. The Kier molecular flexibility index (Phi) is 8.73. The molecule has 4 rings (SSSR count). The van der Waals surface area contributed by atoms with E-state index in [9.17, 15) is 9.59 Å². The van der Waals surface area contributed by atoms with Gasteiger partial charge in [0.25, 0.3) is 5.24 Å². The van der Waals surface area contributed by atoms with Crippen molar-refractivity contribution in [2.45, 2.75) is 32.2 Å². The quantitative estimate of drug-likeness (QED) is 0.288. The number of methoxy groups -OCH3 is 1. The second kappa shape index (κ2) is 12.4. The Hall–Kier alpha value is -3.65. The van der Waals surface area contributed by atoms with Crippen molar-refractivity contribution in [2.75, 3.05) is 20.3 Å². The van der Waals surface area contributed by atoms with Crippen molar-refractivity contribution in [1.82, 2.24) is 5.32 Å². The van der Waals surface area contributed by atoms with E-state index in [0.717, 1.165) is 41.4 Å². The molecule has 0 spiro atoms. The van der Waals surface area contributed by atoms with Crippen LogP contribution >= 0.6 is 11.8 Å². The number of carbonyl (C=O) groups is 2. The largest absolute Gasteiger partial charge is 0.497 e. The monoisotopic (exact) mass is 507 g/mol. The molecule has 36 heavy (non-hydrogen) atoms. The van der Waals surface area contributed by atoms with Gasteiger partial charge in [-0.3, -0.25) is 9.59 Å². The van der Waals surface area contributed by atoms with Crippen molar-refractivity contribution in [3.05, 3.63) is 77.9 Å². The van der Waals surface area contributed by atoms with Crippen molar-refractivity contribution in [1.29, 1.82) is 0 Å². The van der Waals surface area contributed by atoms with E-state index in [2.05, 4.69) is 12.2 Å². The zero-order valence-electron chi connectivity index (χ0n) is 20.3. The number of aryl methyl sites for hydroxylation is 1. The van der Waals surface area contributed by atoms with Crippen LogP contribution in [0.25, 0.3) is 0 Å². The number of rotatable bonds is 12. The average molecular weight is 508 g/mol. The van der Waals surface area contributed by atoms with E-state index >= 15 is 0 Å². The molecular weight excluding hydrogens is 478 g/mol. The van der Waals surface area contributed by atoms with Gasteiger partial charge in [0.05, 0.1) is 20.3 Å². The summed E-state index contributed by atoms with van der Waals surface area (Å²) >= 11 is 0.700. The van der Waals surface area contributed by atoms with E-state index in [1.807, 2.05) is 60.7 Å². The smallest absolute Gasteiger partial charge is 0.287 e. The Morgan fingerprint density at radius 3 is 2.33 bits per heavy atom. The van der Waals surface area contributed by atoms with Crippen LogP contribution in [0.3, 0.4) is 0 Å². The molecular formula is C28H29NO6S. The fraction of sp³-hybridized carbons (Fsp3) is 0.286. The number of hydrogen-bond donors (Lipinski definition) is 1. The molecule has 0 aliphatic carbocycles. The third kappa shape index (κ3) is 6.73. The van der Waals surface area contributed by atoms with E-state index in [1.54, 1.807) is 13.2 Å². The lowest BCUT2D eigenvalue weighted by Crippen LogP contribution is -2.19. The molecule has 7 nitrogen and oxygen atoms in total. The molecule has 1 aliphatic heterocycles. The van der Waals surface area contributed by atoms with Gasteiger partial charge in [-0.05, 0) is 72.1 Å². The Labute approximate surface area is 215 Å². The topological polar surface area (TPSA) is 83.1 Å². The van der Waals surface area contributed by atoms with Gasteiger partial charge in [-0.25, -0.2) is 0 Å². The number of thioether (sulfide) groups is 1. The van der Waals surface area contributed by atoms with Gasteiger partial charge in [-0.15, -0.1) is 0 Å². The molecule has 0 aromatic heterocycles. The van der Waals surface area contributed by atoms with Crippen LogP contribution in [0.4, 0.5) is 4.79 Å². The molecule has 1 aliphatic rings. The van der Waals surface area contributed by atoms with Gasteiger partial charge in [0.1, 0.15) is 34.8 Å². The Morgan fingerprint density at radius 1 is 0.861 bits per heavy atom. The minimum atomic E-state index is -0.622. The maximum atomic E-state index is 12.0. The summed E-state index contributed by atoms with van der Waals surface area (Å²) in [6, 6.07) is 20.0.